The first-order valence-electron chi connectivity index (χ1n) is 6.53. The lowest BCUT2D eigenvalue weighted by atomic mass is 10.0. The molecule has 0 heterocycles. The van der Waals surface area contributed by atoms with E-state index in [4.69, 9.17) is 5.73 Å². The number of nitrogens with zero attached hydrogens (tertiary/aromatic N) is 1. The molecule has 0 fully saturated rings. The fourth-order valence-corrected chi connectivity index (χ4v) is 1.62. The summed E-state index contributed by atoms with van der Waals surface area (Å²) in [5, 5.41) is 5.39. The number of urea groups is 1. The molecule has 0 spiro atoms. The van der Waals surface area contributed by atoms with Crippen LogP contribution in [0.15, 0.2) is 30.3 Å². The first-order valence-corrected chi connectivity index (χ1v) is 6.53. The van der Waals surface area contributed by atoms with Crippen molar-refractivity contribution in [3.8, 4) is 0 Å². The molecule has 1 atom stereocenters. The molecule has 0 saturated heterocycles. The summed E-state index contributed by atoms with van der Waals surface area (Å²) in [5.74, 6) is -0.125. The van der Waals surface area contributed by atoms with E-state index in [-0.39, 0.29) is 24.4 Å². The third-order valence-corrected chi connectivity index (χ3v) is 2.76. The van der Waals surface area contributed by atoms with E-state index in [9.17, 15) is 9.59 Å². The van der Waals surface area contributed by atoms with Crippen LogP contribution in [-0.4, -0.2) is 44.0 Å². The van der Waals surface area contributed by atoms with Gasteiger partial charge in [-0.2, -0.15) is 0 Å². The minimum absolute atomic E-state index is 0.125. The van der Waals surface area contributed by atoms with Crippen LogP contribution in [0, 0.1) is 0 Å². The van der Waals surface area contributed by atoms with Crippen molar-refractivity contribution in [1.82, 2.24) is 15.5 Å². The van der Waals surface area contributed by atoms with Crippen LogP contribution in [0.5, 0.6) is 0 Å². The molecule has 0 aliphatic rings. The molecule has 3 amide bonds. The van der Waals surface area contributed by atoms with Gasteiger partial charge in [0, 0.05) is 39.6 Å². The van der Waals surface area contributed by atoms with Gasteiger partial charge in [-0.25, -0.2) is 4.79 Å². The van der Waals surface area contributed by atoms with Gasteiger partial charge < -0.3 is 21.3 Å². The molecule has 0 aliphatic carbocycles. The fraction of sp³-hybridized carbons (Fsp3) is 0.429. The second kappa shape index (κ2) is 8.16. The Balaban J connectivity index is 2.22. The first kappa shape index (κ1) is 16.0. The van der Waals surface area contributed by atoms with E-state index in [0.717, 1.165) is 5.56 Å². The Morgan fingerprint density at radius 2 is 1.75 bits per heavy atom. The standard InChI is InChI=1S/C14H22N4O2/c1-18(2)14(20)17-9-8-16-13(19)10-12(15)11-6-4-3-5-7-11/h3-7,12H,8-10,15H2,1-2H3,(H,16,19)(H,17,20). The maximum atomic E-state index is 11.7. The zero-order valence-corrected chi connectivity index (χ0v) is 11.9. The van der Waals surface area contributed by atoms with Gasteiger partial charge in [-0.1, -0.05) is 30.3 Å². The van der Waals surface area contributed by atoms with Crippen LogP contribution < -0.4 is 16.4 Å². The van der Waals surface area contributed by atoms with Crippen molar-refractivity contribution in [2.45, 2.75) is 12.5 Å². The maximum Gasteiger partial charge on any atom is 0.316 e. The topological polar surface area (TPSA) is 87.5 Å². The molecule has 0 bridgehead atoms. The maximum absolute atomic E-state index is 11.7. The zero-order chi connectivity index (χ0) is 15.0. The molecule has 1 rings (SSSR count). The molecule has 4 N–H and O–H groups in total. The molecule has 0 radical (unpaired) electrons. The second-order valence-electron chi connectivity index (χ2n) is 4.70. The molecule has 1 unspecified atom stereocenters. The van der Waals surface area contributed by atoms with Crippen molar-refractivity contribution in [3.63, 3.8) is 0 Å². The third kappa shape index (κ3) is 5.71. The number of hydrogen-bond donors (Lipinski definition) is 3. The van der Waals surface area contributed by atoms with Crippen molar-refractivity contribution < 1.29 is 9.59 Å². The smallest absolute Gasteiger partial charge is 0.316 e. The number of hydrogen-bond acceptors (Lipinski definition) is 3. The van der Waals surface area contributed by atoms with Gasteiger partial charge in [-0.15, -0.1) is 0 Å². The number of benzene rings is 1. The van der Waals surface area contributed by atoms with Crippen LogP contribution in [-0.2, 0) is 4.79 Å². The number of rotatable bonds is 6. The first-order chi connectivity index (χ1) is 9.50. The van der Waals surface area contributed by atoms with Crippen LogP contribution in [0.25, 0.3) is 0 Å². The quantitative estimate of drug-likeness (QED) is 0.661. The average Bonchev–Trinajstić information content (AvgIpc) is 2.44. The third-order valence-electron chi connectivity index (χ3n) is 2.76. The van der Waals surface area contributed by atoms with Crippen molar-refractivity contribution in [2.24, 2.45) is 5.73 Å². The number of amides is 3. The Hall–Kier alpha value is -2.08. The SMILES string of the molecule is CN(C)C(=O)NCCNC(=O)CC(N)c1ccccc1. The Morgan fingerprint density at radius 1 is 1.15 bits per heavy atom. The van der Waals surface area contributed by atoms with Crippen LogP contribution in [0.2, 0.25) is 0 Å². The minimum Gasteiger partial charge on any atom is -0.354 e. The number of nitrogens with two attached hydrogens (primary N) is 1. The zero-order valence-electron chi connectivity index (χ0n) is 11.9. The molecule has 0 aliphatic heterocycles. The minimum atomic E-state index is -0.312. The Morgan fingerprint density at radius 3 is 2.35 bits per heavy atom. The molecule has 110 valence electrons. The van der Waals surface area contributed by atoms with E-state index in [1.807, 2.05) is 30.3 Å². The lowest BCUT2D eigenvalue weighted by molar-refractivity contribution is -0.121. The highest BCUT2D eigenvalue weighted by Crippen LogP contribution is 2.12. The lowest BCUT2D eigenvalue weighted by Crippen LogP contribution is -2.40. The Bertz CT molecular complexity index is 434. The predicted molar refractivity (Wildman–Crippen MR) is 78.1 cm³/mol. The fourth-order valence-electron chi connectivity index (χ4n) is 1.62. The van der Waals surface area contributed by atoms with Gasteiger partial charge in [0.25, 0.3) is 0 Å². The summed E-state index contributed by atoms with van der Waals surface area (Å²) in [5.41, 5.74) is 6.88. The highest BCUT2D eigenvalue weighted by atomic mass is 16.2. The Kier molecular flexibility index (Phi) is 6.52. The molecule has 6 nitrogen and oxygen atoms in total. The summed E-state index contributed by atoms with van der Waals surface area (Å²) >= 11 is 0. The molecular weight excluding hydrogens is 256 g/mol. The van der Waals surface area contributed by atoms with Gasteiger partial charge in [0.2, 0.25) is 5.91 Å². The van der Waals surface area contributed by atoms with Gasteiger partial charge >= 0.3 is 6.03 Å². The van der Waals surface area contributed by atoms with Gasteiger partial charge in [-0.05, 0) is 5.56 Å². The van der Waals surface area contributed by atoms with Crippen LogP contribution in [0.3, 0.4) is 0 Å². The monoisotopic (exact) mass is 278 g/mol. The number of nitrogens with one attached hydrogen (secondary N) is 2. The summed E-state index contributed by atoms with van der Waals surface area (Å²) in [6.07, 6.45) is 0.228. The molecule has 0 aromatic heterocycles. The summed E-state index contributed by atoms with van der Waals surface area (Å²) in [7, 11) is 3.32. The highest BCUT2D eigenvalue weighted by molar-refractivity contribution is 5.77. The van der Waals surface area contributed by atoms with E-state index < -0.39 is 0 Å². The lowest BCUT2D eigenvalue weighted by Gasteiger charge is -2.14. The Labute approximate surface area is 119 Å². The molecule has 1 aromatic rings. The highest BCUT2D eigenvalue weighted by Gasteiger charge is 2.10. The second-order valence-corrected chi connectivity index (χ2v) is 4.70. The molecule has 1 aromatic carbocycles. The van der Waals surface area contributed by atoms with E-state index in [1.54, 1.807) is 14.1 Å². The summed E-state index contributed by atoms with van der Waals surface area (Å²) in [4.78, 5) is 24.4. The molecular formula is C14H22N4O2. The largest absolute Gasteiger partial charge is 0.354 e. The molecule has 6 heteroatoms. The predicted octanol–water partition coefficient (Wildman–Crippen LogP) is 0.464. The summed E-state index contributed by atoms with van der Waals surface area (Å²) in [6, 6.07) is 9.00. The van der Waals surface area contributed by atoms with Crippen molar-refractivity contribution in [3.05, 3.63) is 35.9 Å². The van der Waals surface area contributed by atoms with Gasteiger partial charge in [0.15, 0.2) is 0 Å². The summed E-state index contributed by atoms with van der Waals surface area (Å²) < 4.78 is 0. The van der Waals surface area contributed by atoms with E-state index in [2.05, 4.69) is 10.6 Å². The van der Waals surface area contributed by atoms with Gasteiger partial charge in [0.05, 0.1) is 0 Å². The number of carbonyl (C=O) groups is 2. The van der Waals surface area contributed by atoms with Crippen molar-refractivity contribution in [2.75, 3.05) is 27.2 Å². The number of carbonyl (C=O) groups excluding carboxylic acids is 2. The van der Waals surface area contributed by atoms with Gasteiger partial charge in [0.1, 0.15) is 0 Å². The average molecular weight is 278 g/mol. The normalized spacial score (nSPS) is 11.6. The molecule has 20 heavy (non-hydrogen) atoms. The van der Waals surface area contributed by atoms with E-state index in [1.165, 1.54) is 4.90 Å². The van der Waals surface area contributed by atoms with E-state index in [0.29, 0.717) is 13.1 Å². The van der Waals surface area contributed by atoms with Crippen LogP contribution in [0.4, 0.5) is 4.79 Å². The van der Waals surface area contributed by atoms with Crippen molar-refractivity contribution >= 4 is 11.9 Å². The van der Waals surface area contributed by atoms with Crippen LogP contribution in [0.1, 0.15) is 18.0 Å². The van der Waals surface area contributed by atoms with Crippen molar-refractivity contribution in [1.29, 1.82) is 0 Å². The van der Waals surface area contributed by atoms with E-state index >= 15 is 0 Å². The summed E-state index contributed by atoms with van der Waals surface area (Å²) in [6.45, 7) is 0.781. The van der Waals surface area contributed by atoms with Crippen LogP contribution >= 0.6 is 0 Å². The van der Waals surface area contributed by atoms with Gasteiger partial charge in [-0.3, -0.25) is 4.79 Å². The molecule has 0 saturated carbocycles.